The van der Waals surface area contributed by atoms with Gasteiger partial charge in [-0.25, -0.2) is 4.98 Å². The van der Waals surface area contributed by atoms with E-state index in [4.69, 9.17) is 18.0 Å². The molecule has 0 saturated heterocycles. The second-order valence-corrected chi connectivity index (χ2v) is 6.49. The van der Waals surface area contributed by atoms with Crippen molar-refractivity contribution in [3.63, 3.8) is 0 Å². The van der Waals surface area contributed by atoms with Crippen molar-refractivity contribution in [1.82, 2.24) is 4.98 Å². The van der Waals surface area contributed by atoms with Crippen molar-refractivity contribution in [2.75, 3.05) is 18.5 Å². The molecule has 102 valence electrons. The van der Waals surface area contributed by atoms with Crippen LogP contribution in [0.3, 0.4) is 0 Å². The fraction of sp³-hybridized carbons (Fsp3) is 0.600. The van der Waals surface area contributed by atoms with E-state index in [1.54, 1.807) is 0 Å². The molecule has 19 heavy (non-hydrogen) atoms. The average Bonchev–Trinajstić information content (AvgIpc) is 3.01. The van der Waals surface area contributed by atoms with Crippen molar-refractivity contribution in [3.8, 4) is 0 Å². The third kappa shape index (κ3) is 2.46. The summed E-state index contributed by atoms with van der Waals surface area (Å²) in [7, 11) is 2.11. The summed E-state index contributed by atoms with van der Waals surface area (Å²) in [5, 5.41) is 0. The molecular weight excluding hydrogens is 254 g/mol. The normalized spacial score (nSPS) is 28.6. The predicted octanol–water partition coefficient (Wildman–Crippen LogP) is 2.59. The van der Waals surface area contributed by atoms with Crippen molar-refractivity contribution >= 4 is 23.0 Å². The zero-order chi connectivity index (χ0) is 13.4. The van der Waals surface area contributed by atoms with E-state index in [-0.39, 0.29) is 0 Å². The van der Waals surface area contributed by atoms with E-state index in [0.29, 0.717) is 4.99 Å². The summed E-state index contributed by atoms with van der Waals surface area (Å²) in [6, 6.07) is 3.85. The standard InChI is InChI=1S/C15H21N3S/c1-18(9-12-8-10-4-5-11(12)7-10)15-13(14(16)19)3-2-6-17-15/h2-3,6,10-12H,4-5,7-9H2,1H3,(H2,16,19). The number of thiocarbonyl (C=S) groups is 1. The minimum absolute atomic E-state index is 0.433. The van der Waals surface area contributed by atoms with Gasteiger partial charge in [0.2, 0.25) is 0 Å². The molecule has 4 heteroatoms. The molecule has 0 spiro atoms. The van der Waals surface area contributed by atoms with E-state index in [1.807, 2.05) is 18.3 Å². The second-order valence-electron chi connectivity index (χ2n) is 6.05. The maximum absolute atomic E-state index is 5.79. The van der Waals surface area contributed by atoms with Crippen LogP contribution in [-0.2, 0) is 0 Å². The first-order valence-corrected chi connectivity index (χ1v) is 7.52. The zero-order valence-electron chi connectivity index (χ0n) is 11.4. The molecule has 2 bridgehead atoms. The molecule has 0 aliphatic heterocycles. The third-order valence-electron chi connectivity index (χ3n) is 4.81. The Balaban J connectivity index is 1.74. The van der Waals surface area contributed by atoms with Crippen LogP contribution in [0.4, 0.5) is 5.82 Å². The van der Waals surface area contributed by atoms with Crippen molar-refractivity contribution < 1.29 is 0 Å². The van der Waals surface area contributed by atoms with E-state index in [1.165, 1.54) is 25.7 Å². The zero-order valence-corrected chi connectivity index (χ0v) is 12.2. The van der Waals surface area contributed by atoms with Gasteiger partial charge in [0.1, 0.15) is 10.8 Å². The summed E-state index contributed by atoms with van der Waals surface area (Å²) < 4.78 is 0. The number of anilines is 1. The van der Waals surface area contributed by atoms with Crippen molar-refractivity contribution in [1.29, 1.82) is 0 Å². The highest BCUT2D eigenvalue weighted by molar-refractivity contribution is 7.80. The highest BCUT2D eigenvalue weighted by atomic mass is 32.1. The van der Waals surface area contributed by atoms with Gasteiger partial charge in [-0.2, -0.15) is 0 Å². The highest BCUT2D eigenvalue weighted by Crippen LogP contribution is 2.48. The van der Waals surface area contributed by atoms with Crippen LogP contribution in [0, 0.1) is 17.8 Å². The van der Waals surface area contributed by atoms with Gasteiger partial charge in [-0.1, -0.05) is 18.6 Å². The third-order valence-corrected chi connectivity index (χ3v) is 5.03. The Labute approximate surface area is 120 Å². The van der Waals surface area contributed by atoms with Crippen molar-refractivity contribution in [2.45, 2.75) is 25.7 Å². The molecule has 2 aliphatic carbocycles. The number of hydrogen-bond donors (Lipinski definition) is 1. The van der Waals surface area contributed by atoms with Crippen LogP contribution in [0.15, 0.2) is 18.3 Å². The van der Waals surface area contributed by atoms with E-state index >= 15 is 0 Å². The van der Waals surface area contributed by atoms with Crippen LogP contribution in [0.5, 0.6) is 0 Å². The average molecular weight is 275 g/mol. The first-order chi connectivity index (χ1) is 9.15. The Morgan fingerprint density at radius 3 is 2.95 bits per heavy atom. The number of hydrogen-bond acceptors (Lipinski definition) is 3. The van der Waals surface area contributed by atoms with Crippen LogP contribution >= 0.6 is 12.2 Å². The molecular formula is C15H21N3S. The monoisotopic (exact) mass is 275 g/mol. The molecule has 2 N–H and O–H groups in total. The van der Waals surface area contributed by atoms with Crippen molar-refractivity contribution in [3.05, 3.63) is 23.9 Å². The summed E-state index contributed by atoms with van der Waals surface area (Å²) in [4.78, 5) is 7.13. The summed E-state index contributed by atoms with van der Waals surface area (Å²) in [6.07, 6.45) is 7.53. The maximum atomic E-state index is 5.79. The maximum Gasteiger partial charge on any atom is 0.138 e. The van der Waals surface area contributed by atoms with Crippen LogP contribution in [0.25, 0.3) is 0 Å². The topological polar surface area (TPSA) is 42.2 Å². The van der Waals surface area contributed by atoms with E-state index < -0.39 is 0 Å². The Hall–Kier alpha value is -1.16. The lowest BCUT2D eigenvalue weighted by Crippen LogP contribution is -2.31. The largest absolute Gasteiger partial charge is 0.389 e. The molecule has 3 unspecified atom stereocenters. The summed E-state index contributed by atoms with van der Waals surface area (Å²) in [6.45, 7) is 1.08. The van der Waals surface area contributed by atoms with Crippen molar-refractivity contribution in [2.24, 2.45) is 23.5 Å². The first kappa shape index (κ1) is 12.9. The van der Waals surface area contributed by atoms with Crippen LogP contribution in [0.1, 0.15) is 31.2 Å². The molecule has 3 rings (SSSR count). The van der Waals surface area contributed by atoms with Gasteiger partial charge in [-0.3, -0.25) is 0 Å². The Kier molecular flexibility index (Phi) is 3.44. The molecule has 0 radical (unpaired) electrons. The number of fused-ring (bicyclic) bond motifs is 2. The van der Waals surface area contributed by atoms with Gasteiger partial charge < -0.3 is 10.6 Å². The lowest BCUT2D eigenvalue weighted by atomic mass is 9.88. The van der Waals surface area contributed by atoms with Crippen LogP contribution in [0.2, 0.25) is 0 Å². The molecule has 1 aromatic heterocycles. The number of pyridine rings is 1. The van der Waals surface area contributed by atoms with Gasteiger partial charge in [0.25, 0.3) is 0 Å². The molecule has 1 aromatic rings. The summed E-state index contributed by atoms with van der Waals surface area (Å²) >= 11 is 5.12. The number of nitrogens with zero attached hydrogens (tertiary/aromatic N) is 2. The molecule has 3 nitrogen and oxygen atoms in total. The van der Waals surface area contributed by atoms with Gasteiger partial charge >= 0.3 is 0 Å². The second kappa shape index (κ2) is 5.08. The highest BCUT2D eigenvalue weighted by Gasteiger charge is 2.39. The van der Waals surface area contributed by atoms with E-state index in [2.05, 4.69) is 16.9 Å². The van der Waals surface area contributed by atoms with Crippen LogP contribution < -0.4 is 10.6 Å². The van der Waals surface area contributed by atoms with Gasteiger partial charge in [-0.05, 0) is 49.1 Å². The minimum atomic E-state index is 0.433. The Morgan fingerprint density at radius 2 is 2.32 bits per heavy atom. The number of rotatable bonds is 4. The van der Waals surface area contributed by atoms with Gasteiger partial charge in [0, 0.05) is 19.8 Å². The lowest BCUT2D eigenvalue weighted by molar-refractivity contribution is 0.337. The van der Waals surface area contributed by atoms with Gasteiger partial charge in [-0.15, -0.1) is 0 Å². The fourth-order valence-electron chi connectivity index (χ4n) is 3.93. The first-order valence-electron chi connectivity index (χ1n) is 7.11. The molecule has 0 aromatic carbocycles. The molecule has 2 saturated carbocycles. The molecule has 3 atom stereocenters. The predicted molar refractivity (Wildman–Crippen MR) is 82.3 cm³/mol. The molecule has 0 amide bonds. The number of nitrogens with two attached hydrogens (primary N) is 1. The smallest absolute Gasteiger partial charge is 0.138 e. The molecule has 1 heterocycles. The molecule has 2 fully saturated rings. The Bertz CT molecular complexity index is 488. The van der Waals surface area contributed by atoms with Gasteiger partial charge in [0.15, 0.2) is 0 Å². The Morgan fingerprint density at radius 1 is 1.47 bits per heavy atom. The number of aromatic nitrogens is 1. The van der Waals surface area contributed by atoms with Gasteiger partial charge in [0.05, 0.1) is 5.56 Å². The summed E-state index contributed by atoms with van der Waals surface area (Å²) in [5.41, 5.74) is 6.68. The van der Waals surface area contributed by atoms with Crippen LogP contribution in [-0.4, -0.2) is 23.6 Å². The fourth-order valence-corrected chi connectivity index (χ4v) is 4.09. The SMILES string of the molecule is CN(CC1CC2CCC1C2)c1ncccc1C(N)=S. The quantitative estimate of drug-likeness (QED) is 0.858. The molecule has 2 aliphatic rings. The lowest BCUT2D eigenvalue weighted by Gasteiger charge is -2.28. The minimum Gasteiger partial charge on any atom is -0.389 e. The summed E-state index contributed by atoms with van der Waals surface area (Å²) in [5.74, 6) is 3.68. The van der Waals surface area contributed by atoms with E-state index in [0.717, 1.165) is 35.7 Å². The van der Waals surface area contributed by atoms with E-state index in [9.17, 15) is 0 Å².